The molecule has 0 amide bonds. The topological polar surface area (TPSA) is 166 Å². The first kappa shape index (κ1) is 20.7. The molecule has 5 N–H and O–H groups in total. The molecular formula is C26H31NO10. The van der Waals surface area contributed by atoms with Gasteiger partial charge in [-0.05, 0) is 56.2 Å². The van der Waals surface area contributed by atoms with Crippen LogP contribution in [-0.2, 0) is 26.2 Å². The van der Waals surface area contributed by atoms with Crippen molar-refractivity contribution in [1.29, 1.82) is 0 Å². The first-order valence-corrected chi connectivity index (χ1v) is 12.7. The SMILES string of the molecule is [2H]C1(C([2H])([2H])N2CC[C@]34c5c6ccc(O[C@@H]7O[C@H](C(=O)O)[C@@H](O)[C@H](O)[C@H]7O)c5O[C@H]3C(=O)CC[C@@]4(O)[C@H]2C6)CC1. The molecule has 1 spiro atoms. The van der Waals surface area contributed by atoms with Crippen LogP contribution in [0.3, 0.4) is 0 Å². The summed E-state index contributed by atoms with van der Waals surface area (Å²) in [7, 11) is 0. The van der Waals surface area contributed by atoms with Gasteiger partial charge in [-0.15, -0.1) is 0 Å². The van der Waals surface area contributed by atoms with E-state index in [1.807, 2.05) is 0 Å². The summed E-state index contributed by atoms with van der Waals surface area (Å²) in [5.41, 5.74) is -1.43. The molecule has 1 aromatic carbocycles. The highest BCUT2D eigenvalue weighted by molar-refractivity contribution is 5.90. The lowest BCUT2D eigenvalue weighted by molar-refractivity contribution is -0.271. The number of hydrogen-bond donors (Lipinski definition) is 5. The molecule has 0 unspecified atom stereocenters. The van der Waals surface area contributed by atoms with E-state index in [1.165, 1.54) is 6.07 Å². The largest absolute Gasteiger partial charge is 0.479 e. The Labute approximate surface area is 216 Å². The third-order valence-corrected chi connectivity index (χ3v) is 9.10. The zero-order valence-corrected chi connectivity index (χ0v) is 19.9. The molecular weight excluding hydrogens is 486 g/mol. The number of carboxylic acid groups (broad SMARTS) is 1. The highest BCUT2D eigenvalue weighted by atomic mass is 16.7. The monoisotopic (exact) mass is 520 g/mol. The Hall–Kier alpha value is -2.28. The van der Waals surface area contributed by atoms with Gasteiger partial charge in [0.1, 0.15) is 18.3 Å². The Bertz CT molecular complexity index is 1310. The Balaban J connectivity index is 1.30. The zero-order chi connectivity index (χ0) is 28.6. The molecule has 37 heavy (non-hydrogen) atoms. The van der Waals surface area contributed by atoms with Crippen molar-refractivity contribution in [3.05, 3.63) is 23.3 Å². The van der Waals surface area contributed by atoms with Crippen LogP contribution in [0, 0.1) is 5.89 Å². The molecule has 4 fully saturated rings. The third-order valence-electron chi connectivity index (χ3n) is 9.10. The summed E-state index contributed by atoms with van der Waals surface area (Å²) in [6.07, 6.45) is -8.75. The molecule has 11 heteroatoms. The van der Waals surface area contributed by atoms with Crippen molar-refractivity contribution in [2.45, 2.75) is 92.4 Å². The van der Waals surface area contributed by atoms with E-state index in [1.54, 1.807) is 11.0 Å². The molecule has 200 valence electrons. The van der Waals surface area contributed by atoms with Crippen LogP contribution in [0.2, 0.25) is 0 Å². The Kier molecular flexibility index (Phi) is 4.39. The van der Waals surface area contributed by atoms with Crippen LogP contribution in [-0.4, -0.2) is 104 Å². The standard InChI is InChI=1S/C26H31NO10/c28-13-5-6-26(34)15-9-12-3-4-14(35-24-19(31)17(29)18(30)21(37-24)23(32)33)20-16(12)25(26,22(13)36-20)7-8-27(15)10-11-1-2-11/h3-4,11,15,17-19,21-22,24,29-31,34H,1-2,5-10H2,(H,32,33)/t15-,17+,18+,19-,21+,22+,24-,25+,26-/m1/s1/i10D2,11D. The second kappa shape index (κ2) is 7.87. The Morgan fingerprint density at radius 1 is 1.22 bits per heavy atom. The van der Waals surface area contributed by atoms with Gasteiger partial charge in [0, 0.05) is 28.6 Å². The predicted octanol–water partition coefficient (Wildman–Crippen LogP) is -0.909. The second-order valence-electron chi connectivity index (χ2n) is 11.0. The van der Waals surface area contributed by atoms with Gasteiger partial charge >= 0.3 is 5.97 Å². The minimum atomic E-state index is -1.98. The fourth-order valence-corrected chi connectivity index (χ4v) is 7.19. The molecule has 2 saturated carbocycles. The molecule has 7 rings (SSSR count). The summed E-state index contributed by atoms with van der Waals surface area (Å²) in [5.74, 6) is -2.87. The van der Waals surface area contributed by atoms with Crippen molar-refractivity contribution in [1.82, 2.24) is 4.90 Å². The number of hydrogen-bond acceptors (Lipinski definition) is 10. The maximum absolute atomic E-state index is 13.3. The van der Waals surface area contributed by atoms with Gasteiger partial charge in [-0.3, -0.25) is 9.69 Å². The molecule has 3 aliphatic heterocycles. The van der Waals surface area contributed by atoms with Crippen molar-refractivity contribution in [2.75, 3.05) is 13.0 Å². The van der Waals surface area contributed by atoms with Crippen LogP contribution in [0.5, 0.6) is 11.5 Å². The molecule has 9 atom stereocenters. The number of ether oxygens (including phenoxy) is 3. The summed E-state index contributed by atoms with van der Waals surface area (Å²) in [6.45, 7) is -1.78. The van der Waals surface area contributed by atoms with E-state index in [-0.39, 0.29) is 49.5 Å². The van der Waals surface area contributed by atoms with Crippen molar-refractivity contribution >= 4 is 11.8 Å². The number of benzene rings is 1. The molecule has 3 heterocycles. The molecule has 0 aromatic heterocycles. The molecule has 2 bridgehead atoms. The average molecular weight is 521 g/mol. The van der Waals surface area contributed by atoms with Crippen molar-refractivity contribution < 1.29 is 53.4 Å². The Morgan fingerprint density at radius 3 is 2.73 bits per heavy atom. The number of aliphatic hydroxyl groups excluding tert-OH is 3. The minimum absolute atomic E-state index is 0.00811. The van der Waals surface area contributed by atoms with Crippen LogP contribution >= 0.6 is 0 Å². The maximum Gasteiger partial charge on any atom is 0.335 e. The van der Waals surface area contributed by atoms with Crippen LogP contribution in [0.15, 0.2) is 12.1 Å². The van der Waals surface area contributed by atoms with E-state index in [0.29, 0.717) is 18.4 Å². The van der Waals surface area contributed by atoms with Gasteiger partial charge < -0.3 is 39.7 Å². The van der Waals surface area contributed by atoms with Gasteiger partial charge in [0.25, 0.3) is 0 Å². The van der Waals surface area contributed by atoms with Crippen LogP contribution in [0.4, 0.5) is 0 Å². The molecule has 6 aliphatic rings. The zero-order valence-electron chi connectivity index (χ0n) is 22.9. The maximum atomic E-state index is 13.3. The van der Waals surface area contributed by atoms with E-state index < -0.39 is 72.2 Å². The lowest BCUT2D eigenvalue weighted by Gasteiger charge is -2.62. The van der Waals surface area contributed by atoms with Crippen LogP contribution < -0.4 is 9.47 Å². The number of Topliss-reactive ketones (excluding diaryl/α,β-unsaturated/α-hetero) is 1. The van der Waals surface area contributed by atoms with Gasteiger partial charge in [-0.25, -0.2) is 4.79 Å². The van der Waals surface area contributed by atoms with Crippen molar-refractivity contribution in [3.63, 3.8) is 0 Å². The number of piperidine rings is 1. The predicted molar refractivity (Wildman–Crippen MR) is 123 cm³/mol. The Morgan fingerprint density at radius 2 is 2.00 bits per heavy atom. The van der Waals surface area contributed by atoms with Crippen molar-refractivity contribution in [3.8, 4) is 11.5 Å². The lowest BCUT2D eigenvalue weighted by atomic mass is 9.49. The first-order chi connectivity index (χ1) is 18.8. The molecule has 0 radical (unpaired) electrons. The minimum Gasteiger partial charge on any atom is -0.479 e. The summed E-state index contributed by atoms with van der Waals surface area (Å²) in [4.78, 5) is 26.4. The molecule has 11 nitrogen and oxygen atoms in total. The summed E-state index contributed by atoms with van der Waals surface area (Å²) >= 11 is 0. The number of carboxylic acids is 1. The number of likely N-dealkylation sites (tertiary alicyclic amines) is 1. The van der Waals surface area contributed by atoms with Gasteiger partial charge in [-0.1, -0.05) is 6.07 Å². The number of carbonyl (C=O) groups is 2. The number of aliphatic hydroxyl groups is 4. The van der Waals surface area contributed by atoms with E-state index in [9.17, 15) is 35.1 Å². The van der Waals surface area contributed by atoms with Gasteiger partial charge in [0.05, 0.1) is 11.0 Å². The number of aliphatic carboxylic acids is 1. The van der Waals surface area contributed by atoms with E-state index in [4.69, 9.17) is 18.3 Å². The highest BCUT2D eigenvalue weighted by Gasteiger charge is 2.73. The molecule has 2 saturated heterocycles. The number of rotatable bonds is 5. The van der Waals surface area contributed by atoms with Gasteiger partial charge in [0.2, 0.25) is 6.29 Å². The number of nitrogens with zero attached hydrogens (tertiary/aromatic N) is 1. The fourth-order valence-electron chi connectivity index (χ4n) is 7.19. The number of ketones is 1. The van der Waals surface area contributed by atoms with E-state index >= 15 is 0 Å². The van der Waals surface area contributed by atoms with Gasteiger partial charge in [0.15, 0.2) is 29.5 Å². The smallest absolute Gasteiger partial charge is 0.335 e. The highest BCUT2D eigenvalue weighted by Crippen LogP contribution is 2.65. The second-order valence-corrected chi connectivity index (χ2v) is 11.0. The van der Waals surface area contributed by atoms with Gasteiger partial charge in [-0.2, -0.15) is 0 Å². The van der Waals surface area contributed by atoms with Crippen LogP contribution in [0.1, 0.15) is 47.3 Å². The van der Waals surface area contributed by atoms with Crippen LogP contribution in [0.25, 0.3) is 0 Å². The lowest BCUT2D eigenvalue weighted by Crippen LogP contribution is -2.76. The van der Waals surface area contributed by atoms with Crippen molar-refractivity contribution in [2.24, 2.45) is 5.89 Å². The average Bonchev–Trinajstić information content (AvgIpc) is 3.56. The van der Waals surface area contributed by atoms with E-state index in [2.05, 4.69) is 0 Å². The summed E-state index contributed by atoms with van der Waals surface area (Å²) in [6, 6.07) is 2.51. The third kappa shape index (κ3) is 3.09. The molecule has 1 aromatic rings. The fraction of sp³-hybridized carbons (Fsp3) is 0.692. The summed E-state index contributed by atoms with van der Waals surface area (Å²) in [5, 5.41) is 52.5. The normalized spacial score (nSPS) is 46.6. The molecule has 3 aliphatic carbocycles. The quantitative estimate of drug-likeness (QED) is 0.326. The number of carbonyl (C=O) groups excluding carboxylic acids is 1. The summed E-state index contributed by atoms with van der Waals surface area (Å²) < 4.78 is 43.7. The first-order valence-electron chi connectivity index (χ1n) is 14.2. The van der Waals surface area contributed by atoms with E-state index in [0.717, 1.165) is 5.56 Å².